The number of nitrogens with zero attached hydrogens (tertiary/aromatic N) is 2. The normalized spacial score (nSPS) is 16.0. The molecule has 2 heterocycles. The number of likely N-dealkylation sites (tertiary alicyclic amines) is 1. The summed E-state index contributed by atoms with van der Waals surface area (Å²) in [7, 11) is 2.19. The molecule has 0 bridgehead atoms. The molecule has 1 aromatic heterocycles. The number of benzene rings is 1. The first-order valence-corrected chi connectivity index (χ1v) is 7.34. The molecule has 1 aliphatic rings. The second-order valence-corrected chi connectivity index (χ2v) is 5.47. The topological polar surface area (TPSA) is 157 Å². The van der Waals surface area contributed by atoms with E-state index >= 15 is 0 Å². The van der Waals surface area contributed by atoms with Gasteiger partial charge in [-0.05, 0) is 50.2 Å². The molecule has 8 nitrogen and oxygen atoms in total. The standard InChI is InChI=1S/C10H14N2.C7H6O4.2H2O/c1-12-7-3-5-10(12)9-4-2-6-11-8-9;8-5-1-4(7(10)11)2-6(9)3-5;;/h2,4,6,8,10H,3,5,7H2,1H3;1-3,8-9H,(H,10,11);2*1H2. The molecule has 1 aromatic carbocycles. The van der Waals surface area contributed by atoms with E-state index in [1.807, 2.05) is 18.5 Å². The summed E-state index contributed by atoms with van der Waals surface area (Å²) < 4.78 is 0. The molecule has 3 rings (SSSR count). The summed E-state index contributed by atoms with van der Waals surface area (Å²) in [6.07, 6.45) is 6.41. The highest BCUT2D eigenvalue weighted by molar-refractivity contribution is 5.88. The van der Waals surface area contributed by atoms with Crippen LogP contribution in [0.25, 0.3) is 0 Å². The first-order chi connectivity index (χ1) is 11.0. The lowest BCUT2D eigenvalue weighted by molar-refractivity contribution is 0.0696. The van der Waals surface area contributed by atoms with Gasteiger partial charge >= 0.3 is 5.97 Å². The molecule has 1 unspecified atom stereocenters. The molecule has 8 heteroatoms. The van der Waals surface area contributed by atoms with Crippen LogP contribution in [0.2, 0.25) is 0 Å². The highest BCUT2D eigenvalue weighted by Crippen LogP contribution is 2.29. The summed E-state index contributed by atoms with van der Waals surface area (Å²) in [5.74, 6) is -1.71. The van der Waals surface area contributed by atoms with E-state index < -0.39 is 5.97 Å². The van der Waals surface area contributed by atoms with Gasteiger partial charge in [0, 0.05) is 24.5 Å². The Balaban J connectivity index is 0.000000429. The van der Waals surface area contributed by atoms with Gasteiger partial charge in [0.05, 0.1) is 5.56 Å². The highest BCUT2D eigenvalue weighted by atomic mass is 16.4. The molecule has 25 heavy (non-hydrogen) atoms. The van der Waals surface area contributed by atoms with Crippen molar-refractivity contribution in [2.24, 2.45) is 0 Å². The number of aromatic hydroxyl groups is 2. The Labute approximate surface area is 145 Å². The second kappa shape index (κ2) is 10.2. The van der Waals surface area contributed by atoms with Gasteiger partial charge in [0.15, 0.2) is 0 Å². The van der Waals surface area contributed by atoms with E-state index in [4.69, 9.17) is 15.3 Å². The van der Waals surface area contributed by atoms with Crippen LogP contribution in [-0.2, 0) is 0 Å². The Morgan fingerprint density at radius 1 is 1.20 bits per heavy atom. The number of phenols is 2. The Hall–Kier alpha value is -2.68. The molecular formula is C17H24N2O6. The Kier molecular flexibility index (Phi) is 9.14. The van der Waals surface area contributed by atoms with Crippen LogP contribution in [0.4, 0.5) is 0 Å². The lowest BCUT2D eigenvalue weighted by Crippen LogP contribution is -2.17. The number of aromatic carboxylic acids is 1. The van der Waals surface area contributed by atoms with Crippen LogP contribution in [0.15, 0.2) is 42.7 Å². The van der Waals surface area contributed by atoms with Gasteiger partial charge in [-0.2, -0.15) is 0 Å². The fourth-order valence-corrected chi connectivity index (χ4v) is 2.62. The van der Waals surface area contributed by atoms with Crippen LogP contribution >= 0.6 is 0 Å². The number of pyridine rings is 1. The van der Waals surface area contributed by atoms with Gasteiger partial charge in [0.2, 0.25) is 0 Å². The van der Waals surface area contributed by atoms with E-state index in [0.717, 1.165) is 18.2 Å². The maximum absolute atomic E-state index is 10.3. The van der Waals surface area contributed by atoms with Crippen LogP contribution in [-0.4, -0.2) is 55.7 Å². The SMILES string of the molecule is CN1CCCC1c1cccnc1.O.O.O=C(O)c1cc(O)cc(O)c1. The second-order valence-electron chi connectivity index (χ2n) is 5.47. The first kappa shape index (κ1) is 22.3. The number of carboxylic acid groups (broad SMARTS) is 1. The smallest absolute Gasteiger partial charge is 0.335 e. The number of carbonyl (C=O) groups is 1. The van der Waals surface area contributed by atoms with E-state index in [1.54, 1.807) is 0 Å². The monoisotopic (exact) mass is 352 g/mol. The molecule has 1 atom stereocenters. The summed E-state index contributed by atoms with van der Waals surface area (Å²) in [6, 6.07) is 7.97. The highest BCUT2D eigenvalue weighted by Gasteiger charge is 2.21. The number of aromatic nitrogens is 1. The van der Waals surface area contributed by atoms with Crippen LogP contribution in [0.5, 0.6) is 11.5 Å². The third kappa shape index (κ3) is 6.38. The van der Waals surface area contributed by atoms with Gasteiger partial charge in [-0.25, -0.2) is 4.79 Å². The molecule has 2 aromatic rings. The predicted octanol–water partition coefficient (Wildman–Crippen LogP) is 0.995. The van der Waals surface area contributed by atoms with Crippen LogP contribution in [0.1, 0.15) is 34.8 Å². The minimum atomic E-state index is -1.18. The molecule has 0 spiro atoms. The van der Waals surface area contributed by atoms with Crippen molar-refractivity contribution in [2.75, 3.05) is 13.6 Å². The predicted molar refractivity (Wildman–Crippen MR) is 92.8 cm³/mol. The third-order valence-corrected chi connectivity index (χ3v) is 3.74. The van der Waals surface area contributed by atoms with Crippen molar-refractivity contribution in [2.45, 2.75) is 18.9 Å². The average molecular weight is 352 g/mol. The fraction of sp³-hybridized carbons (Fsp3) is 0.294. The third-order valence-electron chi connectivity index (χ3n) is 3.74. The van der Waals surface area contributed by atoms with Gasteiger partial charge in [-0.15, -0.1) is 0 Å². The van der Waals surface area contributed by atoms with Gasteiger partial charge in [-0.3, -0.25) is 9.88 Å². The Morgan fingerprint density at radius 3 is 2.28 bits per heavy atom. The average Bonchev–Trinajstić information content (AvgIpc) is 2.94. The number of rotatable bonds is 2. The van der Waals surface area contributed by atoms with Gasteiger partial charge in [-0.1, -0.05) is 6.07 Å². The Morgan fingerprint density at radius 2 is 1.84 bits per heavy atom. The fourth-order valence-electron chi connectivity index (χ4n) is 2.62. The maximum atomic E-state index is 10.3. The van der Waals surface area contributed by atoms with E-state index in [9.17, 15) is 4.79 Å². The van der Waals surface area contributed by atoms with Crippen molar-refractivity contribution in [3.8, 4) is 11.5 Å². The summed E-state index contributed by atoms with van der Waals surface area (Å²) in [6.45, 7) is 1.22. The van der Waals surface area contributed by atoms with Gasteiger partial charge in [0.1, 0.15) is 11.5 Å². The molecule has 0 saturated carbocycles. The van der Waals surface area contributed by atoms with Crippen molar-refractivity contribution < 1.29 is 31.1 Å². The molecule has 0 radical (unpaired) electrons. The molecule has 1 aliphatic heterocycles. The van der Waals surface area contributed by atoms with Crippen LogP contribution < -0.4 is 0 Å². The van der Waals surface area contributed by atoms with Crippen molar-refractivity contribution in [3.05, 3.63) is 53.9 Å². The van der Waals surface area contributed by atoms with Crippen LogP contribution in [0.3, 0.4) is 0 Å². The van der Waals surface area contributed by atoms with E-state index in [1.165, 1.54) is 24.9 Å². The van der Waals surface area contributed by atoms with E-state index in [-0.39, 0.29) is 28.0 Å². The molecule has 0 aliphatic carbocycles. The van der Waals surface area contributed by atoms with E-state index in [0.29, 0.717) is 6.04 Å². The van der Waals surface area contributed by atoms with Crippen molar-refractivity contribution in [1.82, 2.24) is 9.88 Å². The van der Waals surface area contributed by atoms with Crippen molar-refractivity contribution >= 4 is 5.97 Å². The number of carboxylic acids is 1. The van der Waals surface area contributed by atoms with E-state index in [2.05, 4.69) is 23.0 Å². The minimum Gasteiger partial charge on any atom is -0.508 e. The molecule has 1 saturated heterocycles. The number of phenolic OH excluding ortho intramolecular Hbond substituents is 2. The van der Waals surface area contributed by atoms with Crippen molar-refractivity contribution in [1.29, 1.82) is 0 Å². The largest absolute Gasteiger partial charge is 0.508 e. The zero-order valence-corrected chi connectivity index (χ0v) is 13.9. The maximum Gasteiger partial charge on any atom is 0.335 e. The zero-order valence-electron chi connectivity index (χ0n) is 13.9. The first-order valence-electron chi connectivity index (χ1n) is 7.34. The molecule has 0 amide bonds. The Bertz CT molecular complexity index is 645. The number of hydrogen-bond donors (Lipinski definition) is 3. The quantitative estimate of drug-likeness (QED) is 0.731. The van der Waals surface area contributed by atoms with Gasteiger partial charge < -0.3 is 26.3 Å². The minimum absolute atomic E-state index is 0. The van der Waals surface area contributed by atoms with Gasteiger partial charge in [0.25, 0.3) is 0 Å². The molecule has 1 fully saturated rings. The van der Waals surface area contributed by atoms with Crippen molar-refractivity contribution in [3.63, 3.8) is 0 Å². The zero-order chi connectivity index (χ0) is 16.8. The summed E-state index contributed by atoms with van der Waals surface area (Å²) >= 11 is 0. The lowest BCUT2D eigenvalue weighted by atomic mass is 10.1. The summed E-state index contributed by atoms with van der Waals surface area (Å²) in [4.78, 5) is 16.8. The molecule has 138 valence electrons. The lowest BCUT2D eigenvalue weighted by Gasteiger charge is -2.18. The molecular weight excluding hydrogens is 328 g/mol. The summed E-state index contributed by atoms with van der Waals surface area (Å²) in [5.41, 5.74) is 1.22. The van der Waals surface area contributed by atoms with Crippen LogP contribution in [0, 0.1) is 0 Å². The number of hydrogen-bond acceptors (Lipinski definition) is 5. The molecule has 7 N–H and O–H groups in total. The summed E-state index contributed by atoms with van der Waals surface area (Å²) in [5, 5.41) is 26.1.